The normalized spacial score (nSPS) is 17.8. The average Bonchev–Trinajstić information content (AvgIpc) is 3.03. The Bertz CT molecular complexity index is 526. The Labute approximate surface area is 116 Å². The second-order valence-corrected chi connectivity index (χ2v) is 5.09. The van der Waals surface area contributed by atoms with Gasteiger partial charge in [0.1, 0.15) is 0 Å². The number of carbonyl (C=O) groups is 2. The molecule has 0 bridgehead atoms. The largest absolute Gasteiger partial charge is 0.449 e. The molecule has 0 aromatic carbocycles. The number of aromatic amines is 1. The fourth-order valence-corrected chi connectivity index (χ4v) is 2.70. The standard InChI is InChI=1S/C13H18N4O3/c18-12(11-9-3-1-4-10(9)15-16-11)14-5-7-17-6-2-8-20-13(17)19/h1-8H2,(H,14,18)(H,15,16). The summed E-state index contributed by atoms with van der Waals surface area (Å²) in [5.74, 6) is -0.172. The highest BCUT2D eigenvalue weighted by Gasteiger charge is 2.23. The van der Waals surface area contributed by atoms with Crippen LogP contribution in [0.25, 0.3) is 0 Å². The van der Waals surface area contributed by atoms with Gasteiger partial charge in [-0.3, -0.25) is 9.89 Å². The van der Waals surface area contributed by atoms with Crippen LogP contribution in [0.4, 0.5) is 4.79 Å². The van der Waals surface area contributed by atoms with Crippen LogP contribution in [0.15, 0.2) is 0 Å². The molecular formula is C13H18N4O3. The molecule has 2 heterocycles. The van der Waals surface area contributed by atoms with Crippen LogP contribution in [0.1, 0.15) is 34.6 Å². The van der Waals surface area contributed by atoms with Gasteiger partial charge in [-0.05, 0) is 25.7 Å². The summed E-state index contributed by atoms with van der Waals surface area (Å²) in [6.07, 6.45) is 3.49. The van der Waals surface area contributed by atoms with Crippen LogP contribution in [0.5, 0.6) is 0 Å². The van der Waals surface area contributed by atoms with E-state index in [1.54, 1.807) is 4.90 Å². The molecule has 3 rings (SSSR count). The average molecular weight is 278 g/mol. The summed E-state index contributed by atoms with van der Waals surface area (Å²) < 4.78 is 4.94. The SMILES string of the molecule is O=C(NCCN1CCCOC1=O)c1n[nH]c2c1CCC2. The minimum absolute atomic E-state index is 0.172. The minimum atomic E-state index is -0.300. The number of amides is 2. The lowest BCUT2D eigenvalue weighted by atomic mass is 10.2. The lowest BCUT2D eigenvalue weighted by Gasteiger charge is -2.26. The molecule has 0 radical (unpaired) electrons. The molecule has 1 saturated heterocycles. The van der Waals surface area contributed by atoms with Gasteiger partial charge in [-0.25, -0.2) is 4.79 Å². The predicted molar refractivity (Wildman–Crippen MR) is 70.5 cm³/mol. The number of hydrogen-bond acceptors (Lipinski definition) is 4. The molecule has 1 aromatic rings. The number of carbonyl (C=O) groups excluding carboxylic acids is 2. The smallest absolute Gasteiger partial charge is 0.409 e. The molecule has 20 heavy (non-hydrogen) atoms. The summed E-state index contributed by atoms with van der Waals surface area (Å²) >= 11 is 0. The number of aryl methyl sites for hydroxylation is 1. The maximum absolute atomic E-state index is 12.1. The maximum atomic E-state index is 12.1. The van der Waals surface area contributed by atoms with E-state index in [0.29, 0.717) is 31.9 Å². The van der Waals surface area contributed by atoms with Crippen LogP contribution >= 0.6 is 0 Å². The Balaban J connectivity index is 1.51. The number of nitrogens with zero attached hydrogens (tertiary/aromatic N) is 2. The van der Waals surface area contributed by atoms with Crippen LogP contribution in [0.2, 0.25) is 0 Å². The van der Waals surface area contributed by atoms with Crippen molar-refractivity contribution in [3.8, 4) is 0 Å². The van der Waals surface area contributed by atoms with Crippen molar-refractivity contribution in [3.63, 3.8) is 0 Å². The summed E-state index contributed by atoms with van der Waals surface area (Å²) in [5.41, 5.74) is 2.62. The van der Waals surface area contributed by atoms with E-state index >= 15 is 0 Å². The van der Waals surface area contributed by atoms with Crippen LogP contribution in [0.3, 0.4) is 0 Å². The first-order valence-electron chi connectivity index (χ1n) is 7.01. The Morgan fingerprint density at radius 3 is 3.15 bits per heavy atom. The number of aromatic nitrogens is 2. The van der Waals surface area contributed by atoms with Gasteiger partial charge in [0.2, 0.25) is 0 Å². The van der Waals surface area contributed by atoms with E-state index in [0.717, 1.165) is 36.9 Å². The maximum Gasteiger partial charge on any atom is 0.409 e. The van der Waals surface area contributed by atoms with Crippen LogP contribution in [-0.2, 0) is 17.6 Å². The van der Waals surface area contributed by atoms with Crippen LogP contribution < -0.4 is 5.32 Å². The molecule has 7 heteroatoms. The highest BCUT2D eigenvalue weighted by atomic mass is 16.6. The molecule has 7 nitrogen and oxygen atoms in total. The van der Waals surface area contributed by atoms with Gasteiger partial charge in [0.15, 0.2) is 5.69 Å². The van der Waals surface area contributed by atoms with Crippen LogP contribution in [0, 0.1) is 0 Å². The van der Waals surface area contributed by atoms with Gasteiger partial charge in [-0.2, -0.15) is 5.10 Å². The van der Waals surface area contributed by atoms with E-state index < -0.39 is 0 Å². The number of nitrogens with one attached hydrogen (secondary N) is 2. The molecule has 2 N–H and O–H groups in total. The molecular weight excluding hydrogens is 260 g/mol. The topological polar surface area (TPSA) is 87.3 Å². The molecule has 2 aliphatic rings. The monoisotopic (exact) mass is 278 g/mol. The molecule has 2 amide bonds. The predicted octanol–water partition coefficient (Wildman–Crippen LogP) is 0.470. The van der Waals surface area contributed by atoms with Crippen molar-refractivity contribution in [1.82, 2.24) is 20.4 Å². The first kappa shape index (κ1) is 13.0. The van der Waals surface area contributed by atoms with Crippen molar-refractivity contribution in [2.24, 2.45) is 0 Å². The van der Waals surface area contributed by atoms with E-state index in [1.165, 1.54) is 0 Å². The number of rotatable bonds is 4. The number of fused-ring (bicyclic) bond motifs is 1. The zero-order valence-electron chi connectivity index (χ0n) is 11.3. The highest BCUT2D eigenvalue weighted by Crippen LogP contribution is 2.22. The molecule has 0 saturated carbocycles. The van der Waals surface area contributed by atoms with Crippen molar-refractivity contribution in [3.05, 3.63) is 17.0 Å². The molecule has 0 spiro atoms. The van der Waals surface area contributed by atoms with Crippen molar-refractivity contribution >= 4 is 12.0 Å². The summed E-state index contributed by atoms with van der Waals surface area (Å²) in [7, 11) is 0. The first-order valence-corrected chi connectivity index (χ1v) is 7.01. The first-order chi connectivity index (χ1) is 9.75. The van der Waals surface area contributed by atoms with E-state index in [-0.39, 0.29) is 12.0 Å². The van der Waals surface area contributed by atoms with Gasteiger partial charge in [-0.1, -0.05) is 0 Å². The van der Waals surface area contributed by atoms with Gasteiger partial charge in [0, 0.05) is 30.9 Å². The third-order valence-electron chi connectivity index (χ3n) is 3.74. The van der Waals surface area contributed by atoms with Gasteiger partial charge < -0.3 is 15.0 Å². The van der Waals surface area contributed by atoms with E-state index in [4.69, 9.17) is 4.74 Å². The lowest BCUT2D eigenvalue weighted by Crippen LogP contribution is -2.42. The third-order valence-corrected chi connectivity index (χ3v) is 3.74. The highest BCUT2D eigenvalue weighted by molar-refractivity contribution is 5.94. The van der Waals surface area contributed by atoms with Gasteiger partial charge in [0.25, 0.3) is 5.91 Å². The fourth-order valence-electron chi connectivity index (χ4n) is 2.70. The second kappa shape index (κ2) is 5.52. The minimum Gasteiger partial charge on any atom is -0.449 e. The van der Waals surface area contributed by atoms with Crippen molar-refractivity contribution in [2.45, 2.75) is 25.7 Å². The third kappa shape index (κ3) is 2.48. The van der Waals surface area contributed by atoms with Gasteiger partial charge in [-0.15, -0.1) is 0 Å². The quantitative estimate of drug-likeness (QED) is 0.838. The van der Waals surface area contributed by atoms with Gasteiger partial charge >= 0.3 is 6.09 Å². The molecule has 1 aromatic heterocycles. The Morgan fingerprint density at radius 1 is 1.40 bits per heavy atom. The Kier molecular flexibility index (Phi) is 3.58. The Morgan fingerprint density at radius 2 is 2.30 bits per heavy atom. The molecule has 108 valence electrons. The molecule has 1 aliphatic heterocycles. The lowest BCUT2D eigenvalue weighted by molar-refractivity contribution is 0.0719. The molecule has 0 atom stereocenters. The number of ether oxygens (including phenoxy) is 1. The fraction of sp³-hybridized carbons (Fsp3) is 0.615. The molecule has 1 fully saturated rings. The summed E-state index contributed by atoms with van der Waals surface area (Å²) in [5, 5.41) is 9.81. The van der Waals surface area contributed by atoms with Crippen molar-refractivity contribution in [1.29, 1.82) is 0 Å². The van der Waals surface area contributed by atoms with Crippen molar-refractivity contribution in [2.75, 3.05) is 26.2 Å². The molecule has 1 aliphatic carbocycles. The van der Waals surface area contributed by atoms with Crippen molar-refractivity contribution < 1.29 is 14.3 Å². The number of cyclic esters (lactones) is 1. The molecule has 0 unspecified atom stereocenters. The van der Waals surface area contributed by atoms with E-state index in [9.17, 15) is 9.59 Å². The zero-order chi connectivity index (χ0) is 13.9. The number of H-pyrrole nitrogens is 1. The van der Waals surface area contributed by atoms with E-state index in [1.807, 2.05) is 0 Å². The second-order valence-electron chi connectivity index (χ2n) is 5.09. The van der Waals surface area contributed by atoms with E-state index in [2.05, 4.69) is 15.5 Å². The summed E-state index contributed by atoms with van der Waals surface area (Å²) in [6, 6.07) is 0. The van der Waals surface area contributed by atoms with Gasteiger partial charge in [0.05, 0.1) is 6.61 Å². The number of hydrogen-bond donors (Lipinski definition) is 2. The summed E-state index contributed by atoms with van der Waals surface area (Å²) in [4.78, 5) is 25.1. The Hall–Kier alpha value is -2.05. The zero-order valence-corrected chi connectivity index (χ0v) is 11.3. The van der Waals surface area contributed by atoms with Crippen LogP contribution in [-0.4, -0.2) is 53.3 Å². The summed E-state index contributed by atoms with van der Waals surface area (Å²) in [6.45, 7) is 2.06.